The lowest BCUT2D eigenvalue weighted by molar-refractivity contribution is 0.00843. The molecule has 5 nitrogen and oxygen atoms in total. The molecule has 0 radical (unpaired) electrons. The smallest absolute Gasteiger partial charge is 0.255 e. The van der Waals surface area contributed by atoms with Crippen molar-refractivity contribution in [3.05, 3.63) is 23.5 Å². The monoisotopic (exact) mass is 301 g/mol. The van der Waals surface area contributed by atoms with Gasteiger partial charge in [0, 0.05) is 31.6 Å². The van der Waals surface area contributed by atoms with Crippen molar-refractivity contribution in [2.24, 2.45) is 5.73 Å². The van der Waals surface area contributed by atoms with Crippen molar-refractivity contribution in [2.45, 2.75) is 32.3 Å². The van der Waals surface area contributed by atoms with Crippen LogP contribution < -0.4 is 5.73 Å². The van der Waals surface area contributed by atoms with Gasteiger partial charge in [0.1, 0.15) is 0 Å². The third-order valence-electron chi connectivity index (χ3n) is 3.62. The number of nitrogens with zero attached hydrogens (tertiary/aromatic N) is 1. The number of rotatable bonds is 5. The van der Waals surface area contributed by atoms with Crippen LogP contribution in [0.3, 0.4) is 0 Å². The van der Waals surface area contributed by atoms with Gasteiger partial charge in [0.2, 0.25) is 0 Å². The highest BCUT2D eigenvalue weighted by atomic mass is 35.5. The fourth-order valence-corrected chi connectivity index (χ4v) is 2.41. The second-order valence-corrected chi connectivity index (χ2v) is 5.02. The Morgan fingerprint density at radius 3 is 2.75 bits per heavy atom. The second-order valence-electron chi connectivity index (χ2n) is 5.02. The number of carbonyl (C=O) groups excluding carboxylic acids is 1. The quantitative estimate of drug-likeness (QED) is 0.813. The summed E-state index contributed by atoms with van der Waals surface area (Å²) in [6.45, 7) is 4.87. The molecule has 1 amide bonds. The van der Waals surface area contributed by atoms with E-state index in [0.29, 0.717) is 6.54 Å². The first-order valence-corrected chi connectivity index (χ1v) is 6.97. The van der Waals surface area contributed by atoms with E-state index in [1.165, 1.54) is 0 Å². The van der Waals surface area contributed by atoms with Crippen LogP contribution in [-0.4, -0.2) is 48.1 Å². The lowest BCUT2D eigenvalue weighted by atomic mass is 10.1. The number of amides is 1. The van der Waals surface area contributed by atoms with E-state index in [1.54, 1.807) is 0 Å². The number of nitrogens with one attached hydrogen (secondary N) is 1. The zero-order chi connectivity index (χ0) is 13.7. The summed E-state index contributed by atoms with van der Waals surface area (Å²) in [6.07, 6.45) is 4.83. The van der Waals surface area contributed by atoms with Gasteiger partial charge in [-0.1, -0.05) is 0 Å². The summed E-state index contributed by atoms with van der Waals surface area (Å²) in [4.78, 5) is 17.3. The highest BCUT2D eigenvalue weighted by Crippen LogP contribution is 2.17. The first kappa shape index (κ1) is 17.0. The molecule has 2 rings (SSSR count). The van der Waals surface area contributed by atoms with Crippen LogP contribution in [0, 0.1) is 6.92 Å². The molecule has 1 aliphatic rings. The van der Waals surface area contributed by atoms with Crippen molar-refractivity contribution in [3.8, 4) is 0 Å². The molecule has 20 heavy (non-hydrogen) atoms. The molecule has 1 aromatic heterocycles. The maximum absolute atomic E-state index is 12.3. The number of hydrogen-bond acceptors (Lipinski definition) is 3. The molecule has 114 valence electrons. The summed E-state index contributed by atoms with van der Waals surface area (Å²) in [7, 11) is 0. The minimum absolute atomic E-state index is 0. The van der Waals surface area contributed by atoms with Crippen LogP contribution in [0.5, 0.6) is 0 Å². The van der Waals surface area contributed by atoms with Crippen molar-refractivity contribution in [1.29, 1.82) is 0 Å². The number of aromatic nitrogens is 1. The fourth-order valence-electron chi connectivity index (χ4n) is 2.41. The molecule has 0 saturated carbocycles. The summed E-state index contributed by atoms with van der Waals surface area (Å²) in [6, 6.07) is 1.85. The van der Waals surface area contributed by atoms with Gasteiger partial charge in [-0.3, -0.25) is 4.79 Å². The van der Waals surface area contributed by atoms with E-state index in [-0.39, 0.29) is 24.4 Å². The highest BCUT2D eigenvalue weighted by molar-refractivity contribution is 5.95. The van der Waals surface area contributed by atoms with Crippen LogP contribution >= 0.6 is 12.4 Å². The summed E-state index contributed by atoms with van der Waals surface area (Å²) < 4.78 is 5.74. The number of carbonyl (C=O) groups is 1. The zero-order valence-electron chi connectivity index (χ0n) is 11.9. The zero-order valence-corrected chi connectivity index (χ0v) is 12.7. The molecule has 0 aliphatic carbocycles. The molecule has 0 bridgehead atoms. The van der Waals surface area contributed by atoms with E-state index in [2.05, 4.69) is 4.98 Å². The third-order valence-corrected chi connectivity index (χ3v) is 3.62. The van der Waals surface area contributed by atoms with E-state index in [1.807, 2.05) is 24.1 Å². The number of H-pyrrole nitrogens is 1. The van der Waals surface area contributed by atoms with Crippen LogP contribution in [0.25, 0.3) is 0 Å². The number of piperidine rings is 1. The van der Waals surface area contributed by atoms with Gasteiger partial charge < -0.3 is 20.4 Å². The third kappa shape index (κ3) is 4.23. The molecule has 0 unspecified atom stereocenters. The van der Waals surface area contributed by atoms with Crippen LogP contribution in [0.15, 0.2) is 12.3 Å². The molecule has 0 aromatic carbocycles. The summed E-state index contributed by atoms with van der Waals surface area (Å²) in [5.41, 5.74) is 7.15. The van der Waals surface area contributed by atoms with Crippen molar-refractivity contribution in [2.75, 3.05) is 26.2 Å². The Balaban J connectivity index is 0.00000200. The molecule has 0 atom stereocenters. The predicted molar refractivity (Wildman–Crippen MR) is 81.3 cm³/mol. The fraction of sp³-hybridized carbons (Fsp3) is 0.643. The molecular formula is C14H24ClN3O2. The van der Waals surface area contributed by atoms with Crippen LogP contribution in [0.1, 0.15) is 35.3 Å². The van der Waals surface area contributed by atoms with Crippen molar-refractivity contribution >= 4 is 18.3 Å². The molecular weight excluding hydrogens is 278 g/mol. The van der Waals surface area contributed by atoms with Gasteiger partial charge in [0.25, 0.3) is 5.91 Å². The Bertz CT molecular complexity index is 414. The predicted octanol–water partition coefficient (Wildman–Crippen LogP) is 1.71. The summed E-state index contributed by atoms with van der Waals surface area (Å²) >= 11 is 0. The van der Waals surface area contributed by atoms with Gasteiger partial charge >= 0.3 is 0 Å². The SMILES string of the molecule is Cc1[nH]ccc1C(=O)N1CCC(OCCCN)CC1.Cl. The summed E-state index contributed by atoms with van der Waals surface area (Å²) in [5.74, 6) is 0.124. The maximum Gasteiger partial charge on any atom is 0.255 e. The first-order valence-electron chi connectivity index (χ1n) is 6.97. The van der Waals surface area contributed by atoms with E-state index in [0.717, 1.165) is 50.2 Å². The molecule has 2 heterocycles. The molecule has 3 N–H and O–H groups in total. The molecule has 6 heteroatoms. The number of aromatic amines is 1. The summed E-state index contributed by atoms with van der Waals surface area (Å²) in [5, 5.41) is 0. The van der Waals surface area contributed by atoms with Crippen molar-refractivity contribution in [1.82, 2.24) is 9.88 Å². The Labute approximate surface area is 126 Å². The van der Waals surface area contributed by atoms with Crippen LogP contribution in [0.4, 0.5) is 0 Å². The van der Waals surface area contributed by atoms with Gasteiger partial charge in [-0.15, -0.1) is 12.4 Å². The van der Waals surface area contributed by atoms with Crippen LogP contribution in [-0.2, 0) is 4.74 Å². The largest absolute Gasteiger partial charge is 0.378 e. The Morgan fingerprint density at radius 2 is 2.20 bits per heavy atom. The number of nitrogens with two attached hydrogens (primary N) is 1. The number of likely N-dealkylation sites (tertiary alicyclic amines) is 1. The van der Waals surface area contributed by atoms with Crippen LogP contribution in [0.2, 0.25) is 0 Å². The molecule has 1 fully saturated rings. The van der Waals surface area contributed by atoms with E-state index in [9.17, 15) is 4.79 Å². The maximum atomic E-state index is 12.3. The molecule has 0 spiro atoms. The minimum atomic E-state index is 0. The average molecular weight is 302 g/mol. The number of halogens is 1. The van der Waals surface area contributed by atoms with Gasteiger partial charge in [-0.05, 0) is 38.8 Å². The average Bonchev–Trinajstić information content (AvgIpc) is 2.85. The molecule has 1 aromatic rings. The lowest BCUT2D eigenvalue weighted by Crippen LogP contribution is -2.41. The highest BCUT2D eigenvalue weighted by Gasteiger charge is 2.24. The van der Waals surface area contributed by atoms with E-state index >= 15 is 0 Å². The molecule has 1 saturated heterocycles. The topological polar surface area (TPSA) is 71.3 Å². The van der Waals surface area contributed by atoms with E-state index < -0.39 is 0 Å². The van der Waals surface area contributed by atoms with Crippen molar-refractivity contribution < 1.29 is 9.53 Å². The van der Waals surface area contributed by atoms with E-state index in [4.69, 9.17) is 10.5 Å². The first-order chi connectivity index (χ1) is 9.22. The Hall–Kier alpha value is -1.04. The van der Waals surface area contributed by atoms with Crippen molar-refractivity contribution in [3.63, 3.8) is 0 Å². The Kier molecular flexibility index (Phi) is 7.05. The Morgan fingerprint density at radius 1 is 1.50 bits per heavy atom. The van der Waals surface area contributed by atoms with Gasteiger partial charge in [0.05, 0.1) is 11.7 Å². The number of ether oxygens (including phenoxy) is 1. The van der Waals surface area contributed by atoms with Gasteiger partial charge in [0.15, 0.2) is 0 Å². The normalized spacial score (nSPS) is 16.0. The number of aryl methyl sites for hydroxylation is 1. The number of hydrogen-bond donors (Lipinski definition) is 2. The molecule has 1 aliphatic heterocycles. The van der Waals surface area contributed by atoms with Gasteiger partial charge in [-0.2, -0.15) is 0 Å². The second kappa shape index (κ2) is 8.29. The lowest BCUT2D eigenvalue weighted by Gasteiger charge is -2.32. The minimum Gasteiger partial charge on any atom is -0.378 e. The standard InChI is InChI=1S/C14H23N3O2.ClH/c1-11-13(3-7-16-11)14(18)17-8-4-12(5-9-17)19-10-2-6-15;/h3,7,12,16H,2,4-6,8-10,15H2,1H3;1H. The van der Waals surface area contributed by atoms with Gasteiger partial charge in [-0.25, -0.2) is 0 Å².